The second-order valence-corrected chi connectivity index (χ2v) is 4.07. The average Bonchev–Trinajstić information content (AvgIpc) is 2.12. The molecule has 0 aromatic heterocycles. The third-order valence-corrected chi connectivity index (χ3v) is 2.35. The van der Waals surface area contributed by atoms with Crippen LogP contribution in [0.15, 0.2) is 0 Å². The van der Waals surface area contributed by atoms with E-state index in [0.29, 0.717) is 12.8 Å². The van der Waals surface area contributed by atoms with Gasteiger partial charge in [-0.1, -0.05) is 0 Å². The summed E-state index contributed by atoms with van der Waals surface area (Å²) < 4.78 is 15.6. The molecule has 0 unspecified atom stereocenters. The Hall–Kier alpha value is -1.04. The van der Waals surface area contributed by atoms with Crippen molar-refractivity contribution >= 4 is 19.8 Å². The molecule has 1 saturated heterocycles. The summed E-state index contributed by atoms with van der Waals surface area (Å²) in [6.07, 6.45) is 0.951. The van der Waals surface area contributed by atoms with Crippen LogP contribution in [0.25, 0.3) is 0 Å². The molecular weight excluding hydrogens is 211 g/mol. The molecule has 5 nitrogen and oxygen atoms in total. The smallest absolute Gasteiger partial charge is 0.302 e. The minimum Gasteiger partial charge on any atom is -0.463 e. The molecule has 16 heavy (non-hydrogen) atoms. The normalized spacial score (nSPS) is 29.5. The molecule has 1 fully saturated rings. The Morgan fingerprint density at radius 3 is 2.56 bits per heavy atom. The molecule has 0 amide bonds. The molecule has 90 valence electrons. The highest BCUT2D eigenvalue weighted by molar-refractivity contribution is 6.11. The standard InChI is InChI=1S/C10H17BO5/c1-6(12)14-5-9-3-8(15-7(2)13)4-10(11)16-9/h8-10H,3-5,11H2,1-2H3/t8-,9-,10-/m0/s1. The third kappa shape index (κ3) is 4.66. The predicted molar refractivity (Wildman–Crippen MR) is 58.6 cm³/mol. The fourth-order valence-corrected chi connectivity index (χ4v) is 1.85. The Balaban J connectivity index is 2.40. The van der Waals surface area contributed by atoms with E-state index in [4.69, 9.17) is 14.2 Å². The molecule has 0 saturated carbocycles. The summed E-state index contributed by atoms with van der Waals surface area (Å²) in [6, 6.07) is 0.0126. The van der Waals surface area contributed by atoms with Crippen LogP contribution in [0.1, 0.15) is 26.7 Å². The van der Waals surface area contributed by atoms with E-state index in [-0.39, 0.29) is 36.8 Å². The van der Waals surface area contributed by atoms with Crippen molar-refractivity contribution in [1.29, 1.82) is 0 Å². The first-order valence-electron chi connectivity index (χ1n) is 5.43. The number of rotatable bonds is 3. The van der Waals surface area contributed by atoms with Crippen LogP contribution in [0.2, 0.25) is 0 Å². The van der Waals surface area contributed by atoms with E-state index in [1.165, 1.54) is 13.8 Å². The Morgan fingerprint density at radius 1 is 1.31 bits per heavy atom. The molecule has 6 heteroatoms. The SMILES string of the molecule is B[C@@H]1C[C@@H](OC(C)=O)C[C@@H](COC(C)=O)O1. The largest absolute Gasteiger partial charge is 0.463 e. The van der Waals surface area contributed by atoms with Crippen LogP contribution in [0.5, 0.6) is 0 Å². The summed E-state index contributed by atoms with van der Waals surface area (Å²) in [6.45, 7) is 2.97. The summed E-state index contributed by atoms with van der Waals surface area (Å²) in [4.78, 5) is 21.5. The molecule has 0 N–H and O–H groups in total. The van der Waals surface area contributed by atoms with Crippen LogP contribution in [0.3, 0.4) is 0 Å². The summed E-state index contributed by atoms with van der Waals surface area (Å²) >= 11 is 0. The minimum atomic E-state index is -0.328. The van der Waals surface area contributed by atoms with Crippen molar-refractivity contribution in [1.82, 2.24) is 0 Å². The van der Waals surface area contributed by atoms with E-state index in [2.05, 4.69) is 0 Å². The zero-order chi connectivity index (χ0) is 12.1. The molecule has 0 aliphatic carbocycles. The van der Waals surface area contributed by atoms with Crippen molar-refractivity contribution in [3.05, 3.63) is 0 Å². The molecule has 0 spiro atoms. The second kappa shape index (κ2) is 5.89. The Kier molecular flexibility index (Phi) is 4.80. The molecule has 1 rings (SSSR count). The molecule has 1 aliphatic rings. The van der Waals surface area contributed by atoms with Gasteiger partial charge in [-0.05, 0) is 0 Å². The maximum atomic E-state index is 10.8. The van der Waals surface area contributed by atoms with Crippen molar-refractivity contribution in [2.75, 3.05) is 6.61 Å². The van der Waals surface area contributed by atoms with Gasteiger partial charge in [0.05, 0.1) is 6.10 Å². The van der Waals surface area contributed by atoms with Crippen molar-refractivity contribution in [3.8, 4) is 0 Å². The van der Waals surface area contributed by atoms with Crippen LogP contribution in [0, 0.1) is 0 Å². The number of hydrogen-bond donors (Lipinski definition) is 0. The molecule has 1 aliphatic heterocycles. The van der Waals surface area contributed by atoms with Crippen LogP contribution in [0.4, 0.5) is 0 Å². The lowest BCUT2D eigenvalue weighted by atomic mass is 9.89. The van der Waals surface area contributed by atoms with E-state index in [1.54, 1.807) is 0 Å². The lowest BCUT2D eigenvalue weighted by Gasteiger charge is -2.33. The molecule has 0 bridgehead atoms. The van der Waals surface area contributed by atoms with Gasteiger partial charge in [-0.25, -0.2) is 0 Å². The minimum absolute atomic E-state index is 0.0126. The second-order valence-electron chi connectivity index (χ2n) is 4.07. The van der Waals surface area contributed by atoms with Gasteiger partial charge in [0.1, 0.15) is 20.6 Å². The number of hydrogen-bond acceptors (Lipinski definition) is 5. The monoisotopic (exact) mass is 228 g/mol. The van der Waals surface area contributed by atoms with Crippen molar-refractivity contribution in [2.45, 2.75) is 44.9 Å². The first-order chi connectivity index (χ1) is 7.47. The highest BCUT2D eigenvalue weighted by atomic mass is 16.6. The molecule has 0 radical (unpaired) electrons. The van der Waals surface area contributed by atoms with Crippen LogP contribution in [-0.4, -0.2) is 44.6 Å². The highest BCUT2D eigenvalue weighted by Crippen LogP contribution is 2.21. The molecular formula is C10H17BO5. The van der Waals surface area contributed by atoms with Crippen LogP contribution >= 0.6 is 0 Å². The first-order valence-corrected chi connectivity index (χ1v) is 5.43. The van der Waals surface area contributed by atoms with E-state index in [9.17, 15) is 9.59 Å². The van der Waals surface area contributed by atoms with Gasteiger partial charge in [-0.15, -0.1) is 0 Å². The number of carbonyl (C=O) groups is 2. The van der Waals surface area contributed by atoms with Gasteiger partial charge >= 0.3 is 11.9 Å². The van der Waals surface area contributed by atoms with E-state index in [1.807, 2.05) is 7.85 Å². The van der Waals surface area contributed by atoms with Gasteiger partial charge in [0, 0.05) is 32.7 Å². The number of ether oxygens (including phenoxy) is 3. The van der Waals surface area contributed by atoms with E-state index < -0.39 is 0 Å². The van der Waals surface area contributed by atoms with Gasteiger partial charge in [-0.3, -0.25) is 9.59 Å². The highest BCUT2D eigenvalue weighted by Gasteiger charge is 2.29. The van der Waals surface area contributed by atoms with Gasteiger partial charge in [0.25, 0.3) is 0 Å². The lowest BCUT2D eigenvalue weighted by Crippen LogP contribution is -2.40. The molecule has 3 atom stereocenters. The fourth-order valence-electron chi connectivity index (χ4n) is 1.85. The van der Waals surface area contributed by atoms with Crippen LogP contribution < -0.4 is 0 Å². The van der Waals surface area contributed by atoms with E-state index >= 15 is 0 Å². The van der Waals surface area contributed by atoms with Gasteiger partial charge in [-0.2, -0.15) is 0 Å². The molecule has 0 aromatic rings. The Morgan fingerprint density at radius 2 is 2.00 bits per heavy atom. The van der Waals surface area contributed by atoms with E-state index in [0.717, 1.165) is 0 Å². The summed E-state index contributed by atoms with van der Waals surface area (Å²) in [5, 5.41) is 0. The summed E-state index contributed by atoms with van der Waals surface area (Å²) in [7, 11) is 1.91. The zero-order valence-electron chi connectivity index (χ0n) is 9.89. The van der Waals surface area contributed by atoms with Gasteiger partial charge < -0.3 is 14.2 Å². The predicted octanol–water partition coefficient (Wildman–Crippen LogP) is -0.381. The Labute approximate surface area is 95.8 Å². The maximum Gasteiger partial charge on any atom is 0.302 e. The Bertz CT molecular complexity index is 268. The topological polar surface area (TPSA) is 61.8 Å². The number of esters is 2. The third-order valence-electron chi connectivity index (χ3n) is 2.35. The maximum absolute atomic E-state index is 10.8. The fraction of sp³-hybridized carbons (Fsp3) is 0.800. The van der Waals surface area contributed by atoms with Crippen molar-refractivity contribution in [2.24, 2.45) is 0 Å². The summed E-state index contributed by atoms with van der Waals surface area (Å²) in [5.74, 6) is -0.615. The molecule has 1 heterocycles. The average molecular weight is 228 g/mol. The lowest BCUT2D eigenvalue weighted by molar-refractivity contribution is -0.162. The quantitative estimate of drug-likeness (QED) is 0.486. The zero-order valence-corrected chi connectivity index (χ0v) is 9.89. The first kappa shape index (κ1) is 13.0. The molecule has 0 aromatic carbocycles. The van der Waals surface area contributed by atoms with Crippen LogP contribution in [-0.2, 0) is 23.8 Å². The van der Waals surface area contributed by atoms with Gasteiger partial charge in [0.2, 0.25) is 0 Å². The summed E-state index contributed by atoms with van der Waals surface area (Å²) in [5.41, 5.74) is 0. The van der Waals surface area contributed by atoms with Crippen molar-refractivity contribution < 1.29 is 23.8 Å². The number of carbonyl (C=O) groups excluding carboxylic acids is 2. The van der Waals surface area contributed by atoms with Gasteiger partial charge in [0.15, 0.2) is 0 Å². The van der Waals surface area contributed by atoms with Crippen molar-refractivity contribution in [3.63, 3.8) is 0 Å².